The fourth-order valence-electron chi connectivity index (χ4n) is 4.20. The molecule has 2 saturated heterocycles. The van der Waals surface area contributed by atoms with E-state index >= 15 is 0 Å². The number of hydrogen-bond acceptors (Lipinski definition) is 4. The molecule has 0 spiro atoms. The number of amides is 2. The van der Waals surface area contributed by atoms with Crippen LogP contribution in [0.3, 0.4) is 0 Å². The number of aromatic nitrogens is 1. The van der Waals surface area contributed by atoms with E-state index in [0.717, 1.165) is 18.5 Å². The van der Waals surface area contributed by atoms with Gasteiger partial charge in [0.05, 0.1) is 30.9 Å². The van der Waals surface area contributed by atoms with E-state index in [1.165, 1.54) is 6.07 Å². The fourth-order valence-corrected chi connectivity index (χ4v) is 4.20. The molecule has 4 rings (SSSR count). The smallest absolute Gasteiger partial charge is 0.255 e. The Morgan fingerprint density at radius 2 is 1.87 bits per heavy atom. The third-order valence-corrected chi connectivity index (χ3v) is 5.83. The zero-order valence-electron chi connectivity index (χ0n) is 16.9. The lowest BCUT2D eigenvalue weighted by atomic mass is 9.90. The molecule has 6 nitrogen and oxygen atoms in total. The summed E-state index contributed by atoms with van der Waals surface area (Å²) in [4.78, 5) is 34.0. The molecule has 0 N–H and O–H groups in total. The third-order valence-electron chi connectivity index (χ3n) is 5.83. The van der Waals surface area contributed by atoms with Crippen molar-refractivity contribution in [2.75, 3.05) is 39.4 Å². The lowest BCUT2D eigenvalue weighted by Gasteiger charge is -2.34. The number of likely N-dealkylation sites (tertiary alicyclic amines) is 1. The predicted molar refractivity (Wildman–Crippen MR) is 110 cm³/mol. The van der Waals surface area contributed by atoms with E-state index in [1.807, 2.05) is 6.07 Å². The summed E-state index contributed by atoms with van der Waals surface area (Å²) < 4.78 is 19.3. The Labute approximate surface area is 175 Å². The van der Waals surface area contributed by atoms with Gasteiger partial charge >= 0.3 is 0 Å². The van der Waals surface area contributed by atoms with Gasteiger partial charge in [-0.3, -0.25) is 14.6 Å². The Balaban J connectivity index is 1.49. The lowest BCUT2D eigenvalue weighted by molar-refractivity contribution is -0.131. The van der Waals surface area contributed by atoms with Crippen LogP contribution in [0.2, 0.25) is 0 Å². The number of halogens is 1. The molecule has 2 aliphatic rings. The molecule has 1 aromatic heterocycles. The van der Waals surface area contributed by atoms with E-state index in [0.29, 0.717) is 50.5 Å². The topological polar surface area (TPSA) is 62.7 Å². The number of pyridine rings is 1. The van der Waals surface area contributed by atoms with Gasteiger partial charge in [0, 0.05) is 38.3 Å². The molecule has 3 heterocycles. The second kappa shape index (κ2) is 9.34. The van der Waals surface area contributed by atoms with Crippen molar-refractivity contribution >= 4 is 11.8 Å². The molecule has 0 bridgehead atoms. The summed E-state index contributed by atoms with van der Waals surface area (Å²) in [6.07, 6.45) is 3.44. The normalized spacial score (nSPS) is 19.6. The Morgan fingerprint density at radius 3 is 2.67 bits per heavy atom. The van der Waals surface area contributed by atoms with Gasteiger partial charge in [-0.1, -0.05) is 18.2 Å². The van der Waals surface area contributed by atoms with Crippen LogP contribution in [0.25, 0.3) is 0 Å². The highest BCUT2D eigenvalue weighted by Gasteiger charge is 2.30. The van der Waals surface area contributed by atoms with Crippen molar-refractivity contribution in [1.29, 1.82) is 0 Å². The Morgan fingerprint density at radius 1 is 1.07 bits per heavy atom. The first kappa shape index (κ1) is 20.5. The van der Waals surface area contributed by atoms with Gasteiger partial charge in [0.1, 0.15) is 5.82 Å². The number of carbonyl (C=O) groups is 2. The Hall–Kier alpha value is -2.80. The molecule has 2 fully saturated rings. The van der Waals surface area contributed by atoms with Crippen LogP contribution in [-0.2, 0) is 16.0 Å². The van der Waals surface area contributed by atoms with E-state index in [2.05, 4.69) is 4.98 Å². The number of piperidine rings is 1. The Kier molecular flexibility index (Phi) is 6.38. The maximum Gasteiger partial charge on any atom is 0.255 e. The summed E-state index contributed by atoms with van der Waals surface area (Å²) in [5, 5.41) is 0. The first-order valence-corrected chi connectivity index (χ1v) is 10.5. The van der Waals surface area contributed by atoms with Gasteiger partial charge in [0.15, 0.2) is 0 Å². The highest BCUT2D eigenvalue weighted by molar-refractivity contribution is 5.95. The second-order valence-corrected chi connectivity index (χ2v) is 7.79. The number of morpholine rings is 1. The minimum Gasteiger partial charge on any atom is -0.378 e. The largest absolute Gasteiger partial charge is 0.378 e. The van der Waals surface area contributed by atoms with Crippen molar-refractivity contribution in [3.63, 3.8) is 0 Å². The van der Waals surface area contributed by atoms with Gasteiger partial charge in [0.2, 0.25) is 5.91 Å². The van der Waals surface area contributed by atoms with Crippen molar-refractivity contribution in [3.8, 4) is 0 Å². The Bertz CT molecular complexity index is 914. The van der Waals surface area contributed by atoms with Crippen molar-refractivity contribution in [2.24, 2.45) is 0 Å². The van der Waals surface area contributed by atoms with E-state index in [-0.39, 0.29) is 30.0 Å². The van der Waals surface area contributed by atoms with Crippen molar-refractivity contribution < 1.29 is 18.7 Å². The van der Waals surface area contributed by atoms with Crippen LogP contribution >= 0.6 is 0 Å². The zero-order valence-corrected chi connectivity index (χ0v) is 16.9. The fraction of sp³-hybridized carbons (Fsp3) is 0.435. The summed E-state index contributed by atoms with van der Waals surface area (Å²) >= 11 is 0. The third kappa shape index (κ3) is 4.51. The first-order chi connectivity index (χ1) is 14.6. The zero-order chi connectivity index (χ0) is 20.9. The van der Waals surface area contributed by atoms with Crippen LogP contribution < -0.4 is 0 Å². The summed E-state index contributed by atoms with van der Waals surface area (Å²) in [5.41, 5.74) is 1.76. The van der Waals surface area contributed by atoms with Gasteiger partial charge in [-0.05, 0) is 36.6 Å². The average Bonchev–Trinajstić information content (AvgIpc) is 2.81. The summed E-state index contributed by atoms with van der Waals surface area (Å²) in [7, 11) is 0. The van der Waals surface area contributed by atoms with Crippen LogP contribution in [0, 0.1) is 5.82 Å². The quantitative estimate of drug-likeness (QED) is 0.776. The van der Waals surface area contributed by atoms with Gasteiger partial charge in [-0.25, -0.2) is 4.39 Å². The molecule has 158 valence electrons. The van der Waals surface area contributed by atoms with Gasteiger partial charge in [-0.15, -0.1) is 0 Å². The van der Waals surface area contributed by atoms with Gasteiger partial charge < -0.3 is 14.5 Å². The maximum absolute atomic E-state index is 13.9. The van der Waals surface area contributed by atoms with Crippen LogP contribution in [0.15, 0.2) is 42.6 Å². The van der Waals surface area contributed by atoms with Gasteiger partial charge in [0.25, 0.3) is 5.91 Å². The predicted octanol–water partition coefficient (Wildman–Crippen LogP) is 2.64. The number of carbonyl (C=O) groups excluding carboxylic acids is 2. The van der Waals surface area contributed by atoms with E-state index in [9.17, 15) is 14.0 Å². The molecule has 0 radical (unpaired) electrons. The van der Waals surface area contributed by atoms with Crippen molar-refractivity contribution in [2.45, 2.75) is 25.2 Å². The molecule has 1 atom stereocenters. The summed E-state index contributed by atoms with van der Waals surface area (Å²) in [6.45, 7) is 3.37. The highest BCUT2D eigenvalue weighted by Crippen LogP contribution is 2.29. The van der Waals surface area contributed by atoms with Crippen LogP contribution in [0.1, 0.15) is 40.4 Å². The summed E-state index contributed by atoms with van der Waals surface area (Å²) in [5.74, 6) is -0.495. The monoisotopic (exact) mass is 411 g/mol. The molecular weight excluding hydrogens is 385 g/mol. The van der Waals surface area contributed by atoms with Crippen molar-refractivity contribution in [1.82, 2.24) is 14.8 Å². The molecule has 0 saturated carbocycles. The molecule has 2 aliphatic heterocycles. The lowest BCUT2D eigenvalue weighted by Crippen LogP contribution is -2.42. The number of nitrogens with zero attached hydrogens (tertiary/aromatic N) is 3. The van der Waals surface area contributed by atoms with Gasteiger partial charge in [-0.2, -0.15) is 0 Å². The number of hydrogen-bond donors (Lipinski definition) is 0. The molecule has 7 heteroatoms. The van der Waals surface area contributed by atoms with Crippen LogP contribution in [0.4, 0.5) is 4.39 Å². The minimum atomic E-state index is -0.359. The van der Waals surface area contributed by atoms with E-state index in [1.54, 1.807) is 40.3 Å². The summed E-state index contributed by atoms with van der Waals surface area (Å²) in [6, 6.07) is 9.98. The van der Waals surface area contributed by atoms with Crippen LogP contribution in [-0.4, -0.2) is 66.0 Å². The molecule has 2 aromatic rings. The molecule has 0 unspecified atom stereocenters. The molecule has 1 aromatic carbocycles. The number of rotatable bonds is 4. The number of ether oxygens (including phenoxy) is 1. The highest BCUT2D eigenvalue weighted by atomic mass is 19.1. The minimum absolute atomic E-state index is 0.00971. The molecule has 2 amide bonds. The maximum atomic E-state index is 13.9. The van der Waals surface area contributed by atoms with E-state index in [4.69, 9.17) is 4.74 Å². The SMILES string of the molecule is O=C(Cc1ccccc1F)N1CCC[C@H](c2ncccc2C(=O)N2CCOCC2)C1. The van der Waals surface area contributed by atoms with Crippen LogP contribution in [0.5, 0.6) is 0 Å². The molecular formula is C23H26FN3O3. The standard InChI is InChI=1S/C23H26FN3O3/c24-20-8-2-1-5-17(20)15-21(28)27-10-4-6-18(16-27)22-19(7-3-9-25-22)23(29)26-11-13-30-14-12-26/h1-3,5,7-9,18H,4,6,10-16H2/t18-/m0/s1. The van der Waals surface area contributed by atoms with Crippen molar-refractivity contribution in [3.05, 3.63) is 65.2 Å². The molecule has 0 aliphatic carbocycles. The average molecular weight is 411 g/mol. The molecule has 30 heavy (non-hydrogen) atoms. The second-order valence-electron chi connectivity index (χ2n) is 7.79. The first-order valence-electron chi connectivity index (χ1n) is 10.5. The van der Waals surface area contributed by atoms with E-state index < -0.39 is 0 Å². The number of benzene rings is 1.